The number of rotatable bonds is 14. The predicted octanol–water partition coefficient (Wildman–Crippen LogP) is 4.12. The molecule has 0 saturated carbocycles. The zero-order valence-corrected chi connectivity index (χ0v) is 22.6. The van der Waals surface area contributed by atoms with Crippen LogP contribution in [0.3, 0.4) is 0 Å². The van der Waals surface area contributed by atoms with Crippen LogP contribution in [-0.2, 0) is 29.0 Å². The Morgan fingerprint density at radius 3 is 2.82 bits per heavy atom. The molecule has 0 saturated heterocycles. The number of primary amides is 1. The molecule has 2 aromatic heterocycles. The van der Waals surface area contributed by atoms with Crippen LogP contribution in [0.25, 0.3) is 5.78 Å². The molecule has 0 radical (unpaired) electrons. The molecular weight excluding hydrogens is 480 g/mol. The highest BCUT2D eigenvalue weighted by molar-refractivity contribution is 5.78. The molecule has 1 aromatic carbocycles. The first-order valence-electron chi connectivity index (χ1n) is 13.9. The van der Waals surface area contributed by atoms with Crippen molar-refractivity contribution in [1.82, 2.24) is 24.5 Å². The lowest BCUT2D eigenvalue weighted by Gasteiger charge is -2.30. The van der Waals surface area contributed by atoms with Crippen molar-refractivity contribution in [2.24, 2.45) is 17.6 Å². The maximum Gasteiger partial charge on any atom is 0.252 e. The summed E-state index contributed by atoms with van der Waals surface area (Å²) in [5.41, 5.74) is 8.72. The standard InChI is InChI=1S/C29H40N6O3/c1-3-22(17-24-13-15-31-29-32-20-33-35(24)29)8-4-7-21(2)19-38-26-10-5-9-23-14-16-34(18-25(23)26)28(37)12-6-11-27(30)36/h5,9-10,13,15,20-22H,3-4,6-8,11-12,14,16-19H2,1-2H3,(H2,30,36). The van der Waals surface area contributed by atoms with Gasteiger partial charge >= 0.3 is 0 Å². The van der Waals surface area contributed by atoms with Crippen LogP contribution in [0.2, 0.25) is 0 Å². The molecule has 0 spiro atoms. The summed E-state index contributed by atoms with van der Waals surface area (Å²) in [4.78, 5) is 34.0. The molecule has 3 aromatic rings. The summed E-state index contributed by atoms with van der Waals surface area (Å²) in [5, 5.41) is 4.32. The van der Waals surface area contributed by atoms with Gasteiger partial charge in [-0.25, -0.2) is 9.50 Å². The number of nitrogens with two attached hydrogens (primary N) is 1. The van der Waals surface area contributed by atoms with Crippen LogP contribution in [0.4, 0.5) is 0 Å². The van der Waals surface area contributed by atoms with Crippen molar-refractivity contribution in [1.29, 1.82) is 0 Å². The van der Waals surface area contributed by atoms with E-state index in [2.05, 4.69) is 35.0 Å². The Hall–Kier alpha value is -3.49. The number of amides is 2. The third kappa shape index (κ3) is 7.30. The van der Waals surface area contributed by atoms with Gasteiger partial charge < -0.3 is 15.4 Å². The SMILES string of the molecule is CCC(CCCC(C)COc1cccc2c1CN(C(=O)CCCC(N)=O)CC2)Cc1ccnc2ncnn12. The topological polar surface area (TPSA) is 116 Å². The number of aromatic nitrogens is 4. The minimum Gasteiger partial charge on any atom is -0.493 e. The Labute approximate surface area is 224 Å². The van der Waals surface area contributed by atoms with Gasteiger partial charge in [0.25, 0.3) is 5.78 Å². The van der Waals surface area contributed by atoms with Gasteiger partial charge in [-0.05, 0) is 55.2 Å². The summed E-state index contributed by atoms with van der Waals surface area (Å²) in [5.74, 6) is 2.26. The van der Waals surface area contributed by atoms with Crippen LogP contribution in [0.5, 0.6) is 5.75 Å². The Morgan fingerprint density at radius 2 is 2.00 bits per heavy atom. The largest absolute Gasteiger partial charge is 0.493 e. The van der Waals surface area contributed by atoms with Crippen molar-refractivity contribution >= 4 is 17.6 Å². The number of benzene rings is 1. The van der Waals surface area contributed by atoms with E-state index in [0.29, 0.717) is 50.2 Å². The summed E-state index contributed by atoms with van der Waals surface area (Å²) >= 11 is 0. The molecule has 204 valence electrons. The fourth-order valence-corrected chi connectivity index (χ4v) is 5.23. The van der Waals surface area contributed by atoms with E-state index in [1.165, 1.54) is 5.56 Å². The van der Waals surface area contributed by atoms with Crippen molar-refractivity contribution in [3.63, 3.8) is 0 Å². The van der Waals surface area contributed by atoms with Crippen LogP contribution >= 0.6 is 0 Å². The van der Waals surface area contributed by atoms with Gasteiger partial charge in [-0.1, -0.05) is 45.2 Å². The van der Waals surface area contributed by atoms with Crippen molar-refractivity contribution in [2.75, 3.05) is 13.2 Å². The molecule has 3 heterocycles. The van der Waals surface area contributed by atoms with Gasteiger partial charge in [0.05, 0.1) is 6.61 Å². The molecule has 2 N–H and O–H groups in total. The number of carbonyl (C=O) groups excluding carboxylic acids is 2. The second-order valence-corrected chi connectivity index (χ2v) is 10.5. The summed E-state index contributed by atoms with van der Waals surface area (Å²) in [7, 11) is 0. The second-order valence-electron chi connectivity index (χ2n) is 10.5. The first-order chi connectivity index (χ1) is 18.4. The third-order valence-electron chi connectivity index (χ3n) is 7.56. The predicted molar refractivity (Wildman–Crippen MR) is 145 cm³/mol. The van der Waals surface area contributed by atoms with E-state index in [1.54, 1.807) is 6.33 Å². The second kappa shape index (κ2) is 13.3. The third-order valence-corrected chi connectivity index (χ3v) is 7.56. The van der Waals surface area contributed by atoms with E-state index in [9.17, 15) is 9.59 Å². The minimum atomic E-state index is -0.362. The van der Waals surface area contributed by atoms with Crippen LogP contribution in [0.15, 0.2) is 36.8 Å². The van der Waals surface area contributed by atoms with Crippen LogP contribution in [-0.4, -0.2) is 49.4 Å². The van der Waals surface area contributed by atoms with Gasteiger partial charge in [0, 0.05) is 43.4 Å². The smallest absolute Gasteiger partial charge is 0.252 e. The monoisotopic (exact) mass is 520 g/mol. The van der Waals surface area contributed by atoms with Crippen LogP contribution in [0, 0.1) is 11.8 Å². The molecule has 2 atom stereocenters. The normalized spacial score (nSPS) is 14.7. The van der Waals surface area contributed by atoms with Crippen LogP contribution in [0.1, 0.15) is 75.6 Å². The van der Waals surface area contributed by atoms with Gasteiger partial charge in [0.2, 0.25) is 11.8 Å². The number of nitrogens with zero attached hydrogens (tertiary/aromatic N) is 5. The van der Waals surface area contributed by atoms with E-state index in [-0.39, 0.29) is 18.2 Å². The molecule has 0 aliphatic carbocycles. The summed E-state index contributed by atoms with van der Waals surface area (Å²) in [6.07, 6.45) is 10.8. The lowest BCUT2D eigenvalue weighted by molar-refractivity contribution is -0.132. The van der Waals surface area contributed by atoms with Crippen molar-refractivity contribution < 1.29 is 14.3 Å². The summed E-state index contributed by atoms with van der Waals surface area (Å²) < 4.78 is 8.14. The van der Waals surface area contributed by atoms with Crippen molar-refractivity contribution in [2.45, 2.75) is 78.2 Å². The maximum absolute atomic E-state index is 12.7. The number of fused-ring (bicyclic) bond motifs is 2. The fraction of sp³-hybridized carbons (Fsp3) is 0.552. The first-order valence-corrected chi connectivity index (χ1v) is 13.9. The molecule has 9 nitrogen and oxygen atoms in total. The Morgan fingerprint density at radius 1 is 1.13 bits per heavy atom. The van der Waals surface area contributed by atoms with Gasteiger partial charge in [-0.15, -0.1) is 0 Å². The molecule has 2 unspecified atom stereocenters. The van der Waals surface area contributed by atoms with E-state index >= 15 is 0 Å². The lowest BCUT2D eigenvalue weighted by Crippen LogP contribution is -2.36. The Kier molecular flexibility index (Phi) is 9.67. The number of ether oxygens (including phenoxy) is 1. The molecule has 38 heavy (non-hydrogen) atoms. The molecule has 1 aliphatic heterocycles. The number of hydrogen-bond acceptors (Lipinski definition) is 6. The average molecular weight is 521 g/mol. The highest BCUT2D eigenvalue weighted by Crippen LogP contribution is 2.29. The van der Waals surface area contributed by atoms with E-state index in [4.69, 9.17) is 10.5 Å². The van der Waals surface area contributed by atoms with Crippen LogP contribution < -0.4 is 10.5 Å². The van der Waals surface area contributed by atoms with Gasteiger partial charge in [-0.3, -0.25) is 9.59 Å². The highest BCUT2D eigenvalue weighted by atomic mass is 16.5. The minimum absolute atomic E-state index is 0.0712. The lowest BCUT2D eigenvalue weighted by atomic mass is 9.92. The fourth-order valence-electron chi connectivity index (χ4n) is 5.23. The molecule has 2 amide bonds. The zero-order valence-electron chi connectivity index (χ0n) is 22.6. The number of hydrogen-bond donors (Lipinski definition) is 1. The van der Waals surface area contributed by atoms with E-state index in [1.807, 2.05) is 33.8 Å². The van der Waals surface area contributed by atoms with Gasteiger partial charge in [-0.2, -0.15) is 10.1 Å². The molecule has 0 bridgehead atoms. The van der Waals surface area contributed by atoms with Crippen molar-refractivity contribution in [3.8, 4) is 5.75 Å². The Bertz CT molecular complexity index is 1230. The highest BCUT2D eigenvalue weighted by Gasteiger charge is 2.23. The maximum atomic E-state index is 12.7. The van der Waals surface area contributed by atoms with Crippen molar-refractivity contribution in [3.05, 3.63) is 53.6 Å². The van der Waals surface area contributed by atoms with E-state index in [0.717, 1.165) is 55.5 Å². The molecular formula is C29H40N6O3. The zero-order chi connectivity index (χ0) is 26.9. The average Bonchev–Trinajstić information content (AvgIpc) is 3.40. The molecule has 0 fully saturated rings. The van der Waals surface area contributed by atoms with Gasteiger partial charge in [0.1, 0.15) is 12.1 Å². The first kappa shape index (κ1) is 27.5. The van der Waals surface area contributed by atoms with E-state index < -0.39 is 0 Å². The van der Waals surface area contributed by atoms with Gasteiger partial charge in [0.15, 0.2) is 0 Å². The number of carbonyl (C=O) groups is 2. The quantitative estimate of drug-likeness (QED) is 0.342. The molecule has 9 heteroatoms. The molecule has 4 rings (SSSR count). The summed E-state index contributed by atoms with van der Waals surface area (Å²) in [6.45, 7) is 6.40. The molecule has 1 aliphatic rings. The Balaban J connectivity index is 1.24. The summed E-state index contributed by atoms with van der Waals surface area (Å²) in [6, 6.07) is 8.22.